The van der Waals surface area contributed by atoms with Gasteiger partial charge < -0.3 is 29.7 Å². The number of furan rings is 1. The third-order valence-corrected chi connectivity index (χ3v) is 6.58. The number of nitrogens with two attached hydrogens (primary N) is 1. The van der Waals surface area contributed by atoms with Gasteiger partial charge in [0.25, 0.3) is 0 Å². The molecule has 1 aromatic carbocycles. The highest BCUT2D eigenvalue weighted by molar-refractivity contribution is 5.93. The number of hydrogen-bond acceptors (Lipinski definition) is 8. The van der Waals surface area contributed by atoms with Crippen LogP contribution in [0.2, 0.25) is 0 Å². The number of ether oxygens (including phenoxy) is 3. The van der Waals surface area contributed by atoms with Crippen LogP contribution in [0.4, 0.5) is 5.82 Å². The number of anilines is 1. The van der Waals surface area contributed by atoms with E-state index in [1.165, 1.54) is 12.8 Å². The van der Waals surface area contributed by atoms with Gasteiger partial charge in [-0.05, 0) is 48.7 Å². The fourth-order valence-corrected chi connectivity index (χ4v) is 4.74. The predicted molar refractivity (Wildman–Crippen MR) is 136 cm³/mol. The van der Waals surface area contributed by atoms with E-state index in [4.69, 9.17) is 24.4 Å². The van der Waals surface area contributed by atoms with Crippen molar-refractivity contribution >= 4 is 16.9 Å². The van der Waals surface area contributed by atoms with Crippen molar-refractivity contribution in [2.75, 3.05) is 26.6 Å². The molecule has 0 saturated heterocycles. The van der Waals surface area contributed by atoms with Crippen LogP contribution in [0.5, 0.6) is 17.2 Å². The van der Waals surface area contributed by atoms with Gasteiger partial charge in [0.1, 0.15) is 17.1 Å². The van der Waals surface area contributed by atoms with E-state index in [0.717, 1.165) is 40.9 Å². The number of rotatable bonds is 7. The Bertz CT molecular complexity index is 1310. The van der Waals surface area contributed by atoms with Crippen molar-refractivity contribution in [2.24, 2.45) is 5.73 Å². The Labute approximate surface area is 204 Å². The molecule has 3 N–H and O–H groups in total. The monoisotopic (exact) mass is 474 g/mol. The second-order valence-electron chi connectivity index (χ2n) is 8.73. The van der Waals surface area contributed by atoms with Gasteiger partial charge in [-0.1, -0.05) is 12.8 Å². The second kappa shape index (κ2) is 9.84. The summed E-state index contributed by atoms with van der Waals surface area (Å²) in [6, 6.07) is 12.0. The Balaban J connectivity index is 1.52. The Morgan fingerprint density at radius 3 is 2.34 bits per heavy atom. The minimum absolute atomic E-state index is 0.146. The first-order valence-electron chi connectivity index (χ1n) is 11.8. The lowest BCUT2D eigenvalue weighted by atomic mass is 9.91. The molecule has 2 unspecified atom stereocenters. The van der Waals surface area contributed by atoms with Crippen molar-refractivity contribution in [1.29, 1.82) is 0 Å². The zero-order valence-corrected chi connectivity index (χ0v) is 20.2. The summed E-state index contributed by atoms with van der Waals surface area (Å²) in [5.74, 6) is 3.11. The first kappa shape index (κ1) is 23.0. The van der Waals surface area contributed by atoms with Crippen LogP contribution in [0.3, 0.4) is 0 Å². The molecule has 1 fully saturated rings. The molecule has 0 radical (unpaired) electrons. The van der Waals surface area contributed by atoms with Gasteiger partial charge in [-0.25, -0.2) is 4.98 Å². The molecular formula is C27H30N4O4. The van der Waals surface area contributed by atoms with Gasteiger partial charge in [-0.15, -0.1) is 0 Å². The Morgan fingerprint density at radius 2 is 1.63 bits per heavy atom. The highest BCUT2D eigenvalue weighted by atomic mass is 16.5. The number of pyridine rings is 2. The van der Waals surface area contributed by atoms with Crippen molar-refractivity contribution in [3.05, 3.63) is 48.8 Å². The molecule has 1 aliphatic carbocycles. The first-order valence-corrected chi connectivity index (χ1v) is 11.8. The largest absolute Gasteiger partial charge is 0.493 e. The first-order chi connectivity index (χ1) is 17.1. The summed E-state index contributed by atoms with van der Waals surface area (Å²) in [6.07, 6.45) is 8.07. The van der Waals surface area contributed by atoms with E-state index in [2.05, 4.69) is 15.3 Å². The van der Waals surface area contributed by atoms with E-state index < -0.39 is 0 Å². The molecule has 0 bridgehead atoms. The molecule has 5 rings (SSSR count). The Hall–Kier alpha value is -3.78. The average Bonchev–Trinajstić information content (AvgIpc) is 3.34. The van der Waals surface area contributed by atoms with Crippen LogP contribution in [0.1, 0.15) is 25.7 Å². The van der Waals surface area contributed by atoms with Gasteiger partial charge in [-0.3, -0.25) is 4.98 Å². The fraction of sp³-hybridized carbons (Fsp3) is 0.333. The van der Waals surface area contributed by atoms with Crippen LogP contribution in [0, 0.1) is 0 Å². The van der Waals surface area contributed by atoms with Gasteiger partial charge in [-0.2, -0.15) is 0 Å². The summed E-state index contributed by atoms with van der Waals surface area (Å²) < 4.78 is 22.8. The van der Waals surface area contributed by atoms with Gasteiger partial charge in [0.15, 0.2) is 17.1 Å². The molecule has 3 aromatic heterocycles. The van der Waals surface area contributed by atoms with E-state index in [9.17, 15) is 0 Å². The molecule has 3 heterocycles. The normalized spacial score (nSPS) is 17.8. The quantitative estimate of drug-likeness (QED) is 0.374. The maximum Gasteiger partial charge on any atom is 0.203 e. The van der Waals surface area contributed by atoms with Crippen molar-refractivity contribution in [3.63, 3.8) is 0 Å². The van der Waals surface area contributed by atoms with Crippen LogP contribution < -0.4 is 25.3 Å². The summed E-state index contributed by atoms with van der Waals surface area (Å²) >= 11 is 0. The molecule has 1 saturated carbocycles. The molecule has 35 heavy (non-hydrogen) atoms. The van der Waals surface area contributed by atoms with E-state index in [1.54, 1.807) is 33.7 Å². The summed E-state index contributed by atoms with van der Waals surface area (Å²) in [7, 11) is 4.76. The van der Waals surface area contributed by atoms with E-state index in [-0.39, 0.29) is 12.1 Å². The number of hydrogen-bond donors (Lipinski definition) is 2. The molecule has 0 aliphatic heterocycles. The second-order valence-corrected chi connectivity index (χ2v) is 8.73. The van der Waals surface area contributed by atoms with Crippen molar-refractivity contribution in [1.82, 2.24) is 9.97 Å². The molecule has 0 spiro atoms. The number of aromatic nitrogens is 2. The summed E-state index contributed by atoms with van der Waals surface area (Å²) in [4.78, 5) is 9.06. The SMILES string of the molecule is COc1cc(-c2cc3nccc(-c4ccnc(NC5CCCCC5N)c4)c3o2)cc(OC)c1OC. The van der Waals surface area contributed by atoms with Gasteiger partial charge in [0.05, 0.1) is 21.3 Å². The number of nitrogens with zero attached hydrogens (tertiary/aromatic N) is 2. The molecule has 182 valence electrons. The molecular weight excluding hydrogens is 444 g/mol. The number of methoxy groups -OCH3 is 3. The fourth-order valence-electron chi connectivity index (χ4n) is 4.74. The average molecular weight is 475 g/mol. The van der Waals surface area contributed by atoms with E-state index in [0.29, 0.717) is 28.6 Å². The van der Waals surface area contributed by atoms with Crippen LogP contribution in [0.15, 0.2) is 53.2 Å². The highest BCUT2D eigenvalue weighted by Gasteiger charge is 2.22. The lowest BCUT2D eigenvalue weighted by molar-refractivity contribution is 0.324. The van der Waals surface area contributed by atoms with Crippen molar-refractivity contribution in [2.45, 2.75) is 37.8 Å². The summed E-state index contributed by atoms with van der Waals surface area (Å²) in [5, 5.41) is 3.53. The van der Waals surface area contributed by atoms with Gasteiger partial charge in [0.2, 0.25) is 5.75 Å². The lowest BCUT2D eigenvalue weighted by Gasteiger charge is -2.29. The predicted octanol–water partition coefficient (Wildman–Crippen LogP) is 5.26. The molecule has 2 atom stereocenters. The molecule has 8 heteroatoms. The molecule has 8 nitrogen and oxygen atoms in total. The third kappa shape index (κ3) is 4.49. The number of benzene rings is 1. The minimum atomic E-state index is 0.146. The number of fused-ring (bicyclic) bond motifs is 1. The molecule has 4 aromatic rings. The summed E-state index contributed by atoms with van der Waals surface area (Å²) in [6.45, 7) is 0. The lowest BCUT2D eigenvalue weighted by Crippen LogP contribution is -2.42. The van der Waals surface area contributed by atoms with E-state index in [1.807, 2.05) is 36.4 Å². The van der Waals surface area contributed by atoms with Gasteiger partial charge in [0, 0.05) is 41.7 Å². The smallest absolute Gasteiger partial charge is 0.203 e. The maximum atomic E-state index is 6.34. The minimum Gasteiger partial charge on any atom is -0.493 e. The van der Waals surface area contributed by atoms with Crippen LogP contribution >= 0.6 is 0 Å². The highest BCUT2D eigenvalue weighted by Crippen LogP contribution is 2.43. The standard InChI is InChI=1S/C27H30N4O4/c1-32-23-12-17(13-24(33-2)27(23)34-3)22-15-21-26(35-22)18(9-11-29-21)16-8-10-30-25(14-16)31-20-7-5-4-6-19(20)28/h8-15,19-20H,4-7,28H2,1-3H3,(H,30,31). The zero-order valence-electron chi connectivity index (χ0n) is 20.2. The molecule has 0 amide bonds. The van der Waals surface area contributed by atoms with E-state index >= 15 is 0 Å². The Kier molecular flexibility index (Phi) is 6.46. The van der Waals surface area contributed by atoms with Crippen LogP contribution in [-0.4, -0.2) is 43.4 Å². The van der Waals surface area contributed by atoms with Crippen molar-refractivity contribution in [3.8, 4) is 39.7 Å². The topological polar surface area (TPSA) is 105 Å². The van der Waals surface area contributed by atoms with Crippen LogP contribution in [-0.2, 0) is 0 Å². The number of nitrogens with one attached hydrogen (secondary N) is 1. The maximum absolute atomic E-state index is 6.34. The molecule has 1 aliphatic rings. The third-order valence-electron chi connectivity index (χ3n) is 6.58. The Morgan fingerprint density at radius 1 is 0.886 bits per heavy atom. The van der Waals surface area contributed by atoms with Crippen LogP contribution in [0.25, 0.3) is 33.6 Å². The van der Waals surface area contributed by atoms with Crippen molar-refractivity contribution < 1.29 is 18.6 Å². The van der Waals surface area contributed by atoms with Gasteiger partial charge >= 0.3 is 0 Å². The zero-order chi connectivity index (χ0) is 24.4. The summed E-state index contributed by atoms with van der Waals surface area (Å²) in [5.41, 5.74) is 10.5.